The molecule has 6 heteroatoms. The monoisotopic (exact) mass is 356 g/mol. The molecule has 1 fully saturated rings. The third-order valence-corrected chi connectivity index (χ3v) is 5.28. The minimum absolute atomic E-state index is 0.0549. The van der Waals surface area contributed by atoms with Crippen LogP contribution in [0.5, 0.6) is 5.75 Å². The standard InChI is InChI=1S/C20H28N4O2/c1-23-14-13-21-19(23)18(15-9-11-17(26-3)12-10-15)22-20(25)24(2)16-7-5-4-6-8-16/h9-14,16,18H,4-8H2,1-3H3,(H,22,25). The van der Waals surface area contributed by atoms with Gasteiger partial charge < -0.3 is 19.5 Å². The highest BCUT2D eigenvalue weighted by atomic mass is 16.5. The van der Waals surface area contributed by atoms with Gasteiger partial charge >= 0.3 is 6.03 Å². The van der Waals surface area contributed by atoms with Gasteiger partial charge in [-0.15, -0.1) is 0 Å². The second-order valence-corrected chi connectivity index (χ2v) is 6.95. The second kappa shape index (κ2) is 8.25. The van der Waals surface area contributed by atoms with Crippen LogP contribution in [-0.2, 0) is 7.05 Å². The van der Waals surface area contributed by atoms with Crippen LogP contribution in [0.3, 0.4) is 0 Å². The molecule has 1 aliphatic carbocycles. The van der Waals surface area contributed by atoms with Crippen molar-refractivity contribution in [2.45, 2.75) is 44.2 Å². The van der Waals surface area contributed by atoms with E-state index in [1.165, 1.54) is 19.3 Å². The summed E-state index contributed by atoms with van der Waals surface area (Å²) in [5.41, 5.74) is 0.977. The van der Waals surface area contributed by atoms with Crippen LogP contribution in [0.1, 0.15) is 49.5 Å². The van der Waals surface area contributed by atoms with E-state index in [0.717, 1.165) is 30.0 Å². The lowest BCUT2D eigenvalue weighted by Crippen LogP contribution is -2.46. The molecule has 140 valence electrons. The van der Waals surface area contributed by atoms with E-state index in [-0.39, 0.29) is 12.1 Å². The zero-order valence-corrected chi connectivity index (χ0v) is 15.8. The van der Waals surface area contributed by atoms with Gasteiger partial charge in [0.05, 0.1) is 7.11 Å². The first-order valence-corrected chi connectivity index (χ1v) is 9.24. The van der Waals surface area contributed by atoms with Crippen LogP contribution in [0.4, 0.5) is 4.79 Å². The number of nitrogens with zero attached hydrogens (tertiary/aromatic N) is 3. The molecule has 1 N–H and O–H groups in total. The Kier molecular flexibility index (Phi) is 5.81. The van der Waals surface area contributed by atoms with Crippen LogP contribution in [0, 0.1) is 0 Å². The minimum Gasteiger partial charge on any atom is -0.497 e. The summed E-state index contributed by atoms with van der Waals surface area (Å²) in [6, 6.07) is 7.71. The van der Waals surface area contributed by atoms with E-state index in [1.54, 1.807) is 13.3 Å². The van der Waals surface area contributed by atoms with Gasteiger partial charge in [-0.1, -0.05) is 31.4 Å². The third-order valence-electron chi connectivity index (χ3n) is 5.28. The number of rotatable bonds is 5. The SMILES string of the molecule is COc1ccc(C(NC(=O)N(C)C2CCCCC2)c2nccn2C)cc1. The molecule has 0 bridgehead atoms. The summed E-state index contributed by atoms with van der Waals surface area (Å²) in [5, 5.41) is 3.17. The zero-order chi connectivity index (χ0) is 18.5. The molecule has 2 aromatic rings. The molecule has 0 saturated heterocycles. The Morgan fingerprint density at radius 2 is 1.96 bits per heavy atom. The van der Waals surface area contributed by atoms with Crippen LogP contribution in [0.15, 0.2) is 36.7 Å². The van der Waals surface area contributed by atoms with Crippen molar-refractivity contribution in [3.63, 3.8) is 0 Å². The van der Waals surface area contributed by atoms with Gasteiger partial charge in [0.15, 0.2) is 0 Å². The fourth-order valence-electron chi connectivity index (χ4n) is 3.61. The summed E-state index contributed by atoms with van der Waals surface area (Å²) < 4.78 is 7.19. The van der Waals surface area contributed by atoms with Gasteiger partial charge in [0.2, 0.25) is 0 Å². The van der Waals surface area contributed by atoms with Crippen LogP contribution in [-0.4, -0.2) is 40.7 Å². The quantitative estimate of drug-likeness (QED) is 0.892. The van der Waals surface area contributed by atoms with Crippen molar-refractivity contribution in [2.24, 2.45) is 7.05 Å². The number of methoxy groups -OCH3 is 1. The predicted octanol–water partition coefficient (Wildman–Crippen LogP) is 3.49. The number of aromatic nitrogens is 2. The molecule has 26 heavy (non-hydrogen) atoms. The molecular weight excluding hydrogens is 328 g/mol. The van der Waals surface area contributed by atoms with Crippen LogP contribution < -0.4 is 10.1 Å². The van der Waals surface area contributed by atoms with Gasteiger partial charge in [-0.2, -0.15) is 0 Å². The summed E-state index contributed by atoms with van der Waals surface area (Å²) in [5.74, 6) is 1.60. The Hall–Kier alpha value is -2.50. The highest BCUT2D eigenvalue weighted by molar-refractivity contribution is 5.75. The highest BCUT2D eigenvalue weighted by Crippen LogP contribution is 2.25. The van der Waals surface area contributed by atoms with Crippen LogP contribution >= 0.6 is 0 Å². The van der Waals surface area contributed by atoms with E-state index in [1.807, 2.05) is 54.0 Å². The highest BCUT2D eigenvalue weighted by Gasteiger charge is 2.26. The summed E-state index contributed by atoms with van der Waals surface area (Å²) in [7, 11) is 5.48. The topological polar surface area (TPSA) is 59.4 Å². The maximum Gasteiger partial charge on any atom is 0.318 e. The number of urea groups is 1. The summed E-state index contributed by atoms with van der Waals surface area (Å²) in [6.07, 6.45) is 9.48. The number of amides is 2. The van der Waals surface area contributed by atoms with E-state index in [2.05, 4.69) is 10.3 Å². The predicted molar refractivity (Wildman–Crippen MR) is 101 cm³/mol. The molecule has 1 atom stereocenters. The largest absolute Gasteiger partial charge is 0.497 e. The number of hydrogen-bond acceptors (Lipinski definition) is 3. The molecule has 0 spiro atoms. The fourth-order valence-corrected chi connectivity index (χ4v) is 3.61. The molecule has 0 radical (unpaired) electrons. The molecule has 6 nitrogen and oxygen atoms in total. The number of imidazole rings is 1. The number of nitrogens with one attached hydrogen (secondary N) is 1. The number of benzene rings is 1. The van der Waals surface area contributed by atoms with Crippen molar-refractivity contribution in [2.75, 3.05) is 14.2 Å². The number of carbonyl (C=O) groups is 1. The van der Waals surface area contributed by atoms with Crippen molar-refractivity contribution in [3.05, 3.63) is 48.0 Å². The first-order valence-electron chi connectivity index (χ1n) is 9.24. The van der Waals surface area contributed by atoms with Crippen molar-refractivity contribution < 1.29 is 9.53 Å². The van der Waals surface area contributed by atoms with Crippen molar-refractivity contribution >= 4 is 6.03 Å². The van der Waals surface area contributed by atoms with Crippen molar-refractivity contribution in [3.8, 4) is 5.75 Å². The smallest absolute Gasteiger partial charge is 0.318 e. The third kappa shape index (κ3) is 4.00. The molecule has 1 saturated carbocycles. The number of ether oxygens (including phenoxy) is 1. The van der Waals surface area contributed by atoms with Crippen LogP contribution in [0.2, 0.25) is 0 Å². The molecule has 1 aromatic heterocycles. The maximum absolute atomic E-state index is 12.9. The summed E-state index contributed by atoms with van der Waals surface area (Å²) >= 11 is 0. The Labute approximate surface area is 155 Å². The minimum atomic E-state index is -0.306. The molecule has 0 aliphatic heterocycles. The Morgan fingerprint density at radius 1 is 1.27 bits per heavy atom. The van der Waals surface area contributed by atoms with Crippen LogP contribution in [0.25, 0.3) is 0 Å². The van der Waals surface area contributed by atoms with E-state index in [4.69, 9.17) is 4.74 Å². The summed E-state index contributed by atoms with van der Waals surface area (Å²) in [6.45, 7) is 0. The second-order valence-electron chi connectivity index (χ2n) is 6.95. The lowest BCUT2D eigenvalue weighted by atomic mass is 9.95. The number of aryl methyl sites for hydroxylation is 1. The average Bonchev–Trinajstić information content (AvgIpc) is 3.11. The van der Waals surface area contributed by atoms with E-state index < -0.39 is 0 Å². The molecular formula is C20H28N4O2. The van der Waals surface area contributed by atoms with Gasteiger partial charge in [-0.05, 0) is 30.5 Å². The molecule has 2 amide bonds. The number of hydrogen-bond donors (Lipinski definition) is 1. The lowest BCUT2D eigenvalue weighted by molar-refractivity contribution is 0.171. The Balaban J connectivity index is 1.81. The Morgan fingerprint density at radius 3 is 2.54 bits per heavy atom. The molecule has 1 aromatic carbocycles. The van der Waals surface area contributed by atoms with Crippen molar-refractivity contribution in [1.29, 1.82) is 0 Å². The first kappa shape index (κ1) is 18.3. The lowest BCUT2D eigenvalue weighted by Gasteiger charge is -2.32. The van der Waals surface area contributed by atoms with Gasteiger partial charge in [0.1, 0.15) is 17.6 Å². The van der Waals surface area contributed by atoms with Gasteiger partial charge in [0.25, 0.3) is 0 Å². The van der Waals surface area contributed by atoms with E-state index in [0.29, 0.717) is 6.04 Å². The van der Waals surface area contributed by atoms with E-state index >= 15 is 0 Å². The normalized spacial score (nSPS) is 16.1. The maximum atomic E-state index is 12.9. The average molecular weight is 356 g/mol. The van der Waals surface area contributed by atoms with Crippen molar-refractivity contribution in [1.82, 2.24) is 19.8 Å². The van der Waals surface area contributed by atoms with Gasteiger partial charge in [-0.3, -0.25) is 0 Å². The molecule has 1 aliphatic rings. The molecule has 3 rings (SSSR count). The molecule has 1 unspecified atom stereocenters. The van der Waals surface area contributed by atoms with Gasteiger partial charge in [0, 0.05) is 32.5 Å². The fraction of sp³-hybridized carbons (Fsp3) is 0.500. The zero-order valence-electron chi connectivity index (χ0n) is 15.8. The molecule has 1 heterocycles. The van der Waals surface area contributed by atoms with Gasteiger partial charge in [-0.25, -0.2) is 9.78 Å². The summed E-state index contributed by atoms with van der Waals surface area (Å²) in [4.78, 5) is 19.2. The Bertz CT molecular complexity index is 720. The number of carbonyl (C=O) groups excluding carboxylic acids is 1. The first-order chi connectivity index (χ1) is 12.6. The van der Waals surface area contributed by atoms with E-state index in [9.17, 15) is 4.79 Å².